The van der Waals surface area contributed by atoms with Gasteiger partial charge in [0.25, 0.3) is 0 Å². The van der Waals surface area contributed by atoms with E-state index in [1.165, 1.54) is 23.6 Å². The zero-order valence-corrected chi connectivity index (χ0v) is 17.8. The summed E-state index contributed by atoms with van der Waals surface area (Å²) in [4.78, 5) is 24.9. The van der Waals surface area contributed by atoms with Gasteiger partial charge in [-0.15, -0.1) is 0 Å². The Bertz CT molecular complexity index is 1050. The number of urea groups is 1. The number of thiazole rings is 1. The minimum atomic E-state index is -0.941. The molecule has 8 nitrogen and oxygen atoms in total. The van der Waals surface area contributed by atoms with E-state index in [2.05, 4.69) is 15.3 Å². The van der Waals surface area contributed by atoms with Gasteiger partial charge in [-0.3, -0.25) is 5.32 Å². The molecular formula is C21H24FN5O3S. The SMILES string of the molecule is C[C@@H]1CN(C(=O)Nc2nc3ccccc3s2)CCN1c1ncc(C[C@@H](O)CO)cc1F. The third-order valence-corrected chi connectivity index (χ3v) is 6.21. The van der Waals surface area contributed by atoms with Gasteiger partial charge in [-0.2, -0.15) is 0 Å². The average Bonchev–Trinajstić information content (AvgIpc) is 3.16. The van der Waals surface area contributed by atoms with Crippen LogP contribution in [0, 0.1) is 5.82 Å². The molecule has 0 aliphatic carbocycles. The van der Waals surface area contributed by atoms with Gasteiger partial charge in [-0.25, -0.2) is 19.2 Å². The second kappa shape index (κ2) is 9.13. The summed E-state index contributed by atoms with van der Waals surface area (Å²) in [5.74, 6) is -0.261. The number of carbonyl (C=O) groups excluding carboxylic acids is 1. The summed E-state index contributed by atoms with van der Waals surface area (Å²) in [5.41, 5.74) is 1.36. The van der Waals surface area contributed by atoms with Crippen LogP contribution in [-0.2, 0) is 6.42 Å². The van der Waals surface area contributed by atoms with Crippen molar-refractivity contribution in [1.29, 1.82) is 0 Å². The summed E-state index contributed by atoms with van der Waals surface area (Å²) in [6.07, 6.45) is 0.704. The Morgan fingerprint density at radius 3 is 2.90 bits per heavy atom. The van der Waals surface area contributed by atoms with Crippen LogP contribution < -0.4 is 10.2 Å². The van der Waals surface area contributed by atoms with Crippen LogP contribution in [0.3, 0.4) is 0 Å². The molecular weight excluding hydrogens is 421 g/mol. The lowest BCUT2D eigenvalue weighted by Gasteiger charge is -2.40. The molecule has 2 atom stereocenters. The molecule has 1 aromatic carbocycles. The molecule has 1 aliphatic rings. The fourth-order valence-corrected chi connectivity index (χ4v) is 4.54. The van der Waals surface area contributed by atoms with Crippen molar-refractivity contribution < 1.29 is 19.4 Å². The van der Waals surface area contributed by atoms with Crippen LogP contribution >= 0.6 is 11.3 Å². The molecule has 0 bridgehead atoms. The number of halogens is 1. The maximum atomic E-state index is 14.7. The Hall–Kier alpha value is -2.82. The van der Waals surface area contributed by atoms with Crippen LogP contribution in [0.4, 0.5) is 20.1 Å². The number of piperazine rings is 1. The molecule has 2 amide bonds. The van der Waals surface area contributed by atoms with E-state index in [0.717, 1.165) is 10.2 Å². The minimum Gasteiger partial charge on any atom is -0.394 e. The second-order valence-electron chi connectivity index (χ2n) is 7.59. The summed E-state index contributed by atoms with van der Waals surface area (Å²) < 4.78 is 15.7. The number of amides is 2. The van der Waals surface area contributed by atoms with Crippen molar-refractivity contribution in [3.8, 4) is 0 Å². The van der Waals surface area contributed by atoms with Crippen LogP contribution in [0.25, 0.3) is 10.2 Å². The van der Waals surface area contributed by atoms with Gasteiger partial charge in [0.2, 0.25) is 0 Å². The predicted molar refractivity (Wildman–Crippen MR) is 118 cm³/mol. The van der Waals surface area contributed by atoms with Crippen molar-refractivity contribution in [3.05, 3.63) is 47.9 Å². The molecule has 4 rings (SSSR count). The van der Waals surface area contributed by atoms with Crippen LogP contribution in [0.2, 0.25) is 0 Å². The molecule has 31 heavy (non-hydrogen) atoms. The Morgan fingerprint density at radius 2 is 2.19 bits per heavy atom. The summed E-state index contributed by atoms with van der Waals surface area (Å²) >= 11 is 1.42. The molecule has 0 radical (unpaired) electrons. The number of hydrogen-bond acceptors (Lipinski definition) is 7. The van der Waals surface area contributed by atoms with Gasteiger partial charge in [0.1, 0.15) is 0 Å². The smallest absolute Gasteiger partial charge is 0.323 e. The predicted octanol–water partition coefficient (Wildman–Crippen LogP) is 2.47. The first kappa shape index (κ1) is 21.4. The Morgan fingerprint density at radius 1 is 1.39 bits per heavy atom. The summed E-state index contributed by atoms with van der Waals surface area (Å²) in [6, 6.07) is 8.67. The molecule has 0 saturated carbocycles. The van der Waals surface area contributed by atoms with Gasteiger partial charge in [-0.05, 0) is 30.7 Å². The number of fused-ring (bicyclic) bond motifs is 1. The van der Waals surface area contributed by atoms with Crippen molar-refractivity contribution >= 4 is 38.5 Å². The minimum absolute atomic E-state index is 0.134. The molecule has 0 spiro atoms. The van der Waals surface area contributed by atoms with E-state index in [1.807, 2.05) is 36.1 Å². The number of aliphatic hydroxyl groups excluding tert-OH is 2. The third-order valence-electron chi connectivity index (χ3n) is 5.25. The van der Waals surface area contributed by atoms with Crippen LogP contribution in [0.1, 0.15) is 12.5 Å². The van der Waals surface area contributed by atoms with Gasteiger partial charge in [-0.1, -0.05) is 23.5 Å². The van der Waals surface area contributed by atoms with Crippen LogP contribution in [-0.4, -0.2) is 69.5 Å². The topological polar surface area (TPSA) is 102 Å². The summed E-state index contributed by atoms with van der Waals surface area (Å²) in [5, 5.41) is 21.9. The second-order valence-corrected chi connectivity index (χ2v) is 8.63. The number of pyridine rings is 1. The number of aromatic nitrogens is 2. The Balaban J connectivity index is 1.39. The third kappa shape index (κ3) is 4.76. The molecule has 1 saturated heterocycles. The average molecular weight is 446 g/mol. The highest BCUT2D eigenvalue weighted by Crippen LogP contribution is 2.27. The lowest BCUT2D eigenvalue weighted by molar-refractivity contribution is 0.0954. The largest absolute Gasteiger partial charge is 0.394 e. The first-order chi connectivity index (χ1) is 14.9. The number of nitrogens with one attached hydrogen (secondary N) is 1. The van der Waals surface area contributed by atoms with Gasteiger partial charge < -0.3 is 20.0 Å². The number of nitrogens with zero attached hydrogens (tertiary/aromatic N) is 4. The molecule has 0 unspecified atom stereocenters. The molecule has 164 valence electrons. The summed E-state index contributed by atoms with van der Waals surface area (Å²) in [6.45, 7) is 2.82. The summed E-state index contributed by atoms with van der Waals surface area (Å²) in [7, 11) is 0. The number of hydrogen-bond donors (Lipinski definition) is 3. The van der Waals surface area contributed by atoms with E-state index < -0.39 is 11.9 Å². The normalized spacial score (nSPS) is 17.7. The number of para-hydroxylation sites is 1. The maximum Gasteiger partial charge on any atom is 0.323 e. The van der Waals surface area contributed by atoms with E-state index in [-0.39, 0.29) is 30.9 Å². The fourth-order valence-electron chi connectivity index (χ4n) is 3.68. The van der Waals surface area contributed by atoms with Crippen molar-refractivity contribution in [1.82, 2.24) is 14.9 Å². The zero-order chi connectivity index (χ0) is 22.0. The fraction of sp³-hybridized carbons (Fsp3) is 0.381. The molecule has 1 aliphatic heterocycles. The highest BCUT2D eigenvalue weighted by Gasteiger charge is 2.29. The Kier molecular flexibility index (Phi) is 6.30. The van der Waals surface area contributed by atoms with Crippen LogP contribution in [0.15, 0.2) is 36.5 Å². The van der Waals surface area contributed by atoms with E-state index in [9.17, 15) is 14.3 Å². The zero-order valence-electron chi connectivity index (χ0n) is 17.0. The monoisotopic (exact) mass is 445 g/mol. The van der Waals surface area contributed by atoms with Gasteiger partial charge in [0.15, 0.2) is 16.8 Å². The molecule has 3 N–H and O–H groups in total. The van der Waals surface area contributed by atoms with Crippen molar-refractivity contribution in [2.45, 2.75) is 25.5 Å². The molecule has 1 fully saturated rings. The van der Waals surface area contributed by atoms with Crippen molar-refractivity contribution in [2.75, 3.05) is 36.5 Å². The molecule has 3 heterocycles. The highest BCUT2D eigenvalue weighted by molar-refractivity contribution is 7.22. The number of anilines is 2. The first-order valence-electron chi connectivity index (χ1n) is 10.1. The number of rotatable bonds is 5. The molecule has 3 aromatic rings. The van der Waals surface area contributed by atoms with Gasteiger partial charge >= 0.3 is 6.03 Å². The Labute approximate surface area is 183 Å². The molecule has 10 heteroatoms. The van der Waals surface area contributed by atoms with Crippen LogP contribution in [0.5, 0.6) is 0 Å². The lowest BCUT2D eigenvalue weighted by atomic mass is 10.1. The highest BCUT2D eigenvalue weighted by atomic mass is 32.1. The lowest BCUT2D eigenvalue weighted by Crippen LogP contribution is -2.55. The van der Waals surface area contributed by atoms with Crippen molar-refractivity contribution in [2.24, 2.45) is 0 Å². The van der Waals surface area contributed by atoms with E-state index >= 15 is 0 Å². The van der Waals surface area contributed by atoms with Crippen molar-refractivity contribution in [3.63, 3.8) is 0 Å². The van der Waals surface area contributed by atoms with Gasteiger partial charge in [0, 0.05) is 38.3 Å². The van der Waals surface area contributed by atoms with E-state index in [0.29, 0.717) is 30.3 Å². The van der Waals surface area contributed by atoms with E-state index in [1.54, 1.807) is 4.90 Å². The number of carbonyl (C=O) groups is 1. The standard InChI is InChI=1S/C21H24FN5O3S/c1-13-11-26(21(30)25-20-24-17-4-2-3-5-18(17)31-20)6-7-27(13)19-16(22)9-14(10-23-19)8-15(29)12-28/h2-5,9-10,13,15,28-29H,6-8,11-12H2,1H3,(H,24,25,30)/t13-,15-/m1/s1. The maximum absolute atomic E-state index is 14.7. The van der Waals surface area contributed by atoms with E-state index in [4.69, 9.17) is 5.11 Å². The number of benzene rings is 1. The van der Waals surface area contributed by atoms with Gasteiger partial charge in [0.05, 0.1) is 22.9 Å². The quantitative estimate of drug-likeness (QED) is 0.558. The molecule has 2 aromatic heterocycles. The number of aliphatic hydroxyl groups is 2. The first-order valence-corrected chi connectivity index (χ1v) is 10.9.